The van der Waals surface area contributed by atoms with Crippen LogP contribution < -0.4 is 16.0 Å². The van der Waals surface area contributed by atoms with E-state index >= 15 is 9.59 Å². The molecule has 490 valence electrons. The summed E-state index contributed by atoms with van der Waals surface area (Å²) in [5.41, 5.74) is -2.22. The highest BCUT2D eigenvalue weighted by Crippen LogP contribution is 2.38. The third kappa shape index (κ3) is 17.9. The van der Waals surface area contributed by atoms with Gasteiger partial charge in [-0.2, -0.15) is 13.2 Å². The normalized spacial score (nSPS) is 26.1. The average Bonchev–Trinajstić information content (AvgIpc) is 2.12. The van der Waals surface area contributed by atoms with Gasteiger partial charge in [0.1, 0.15) is 35.7 Å². The molecule has 88 heavy (non-hydrogen) atoms. The molecule has 26 heteroatoms. The van der Waals surface area contributed by atoms with Crippen LogP contribution >= 0.6 is 11.6 Å². The molecule has 0 aromatic heterocycles. The Labute approximate surface area is 520 Å². The van der Waals surface area contributed by atoms with Gasteiger partial charge in [0.15, 0.2) is 0 Å². The zero-order valence-corrected chi connectivity index (χ0v) is 53.6. The highest BCUT2D eigenvalue weighted by Gasteiger charge is 2.50. The number of carbonyl (C=O) groups is 11. The van der Waals surface area contributed by atoms with Crippen LogP contribution in [-0.4, -0.2) is 229 Å². The van der Waals surface area contributed by atoms with Crippen LogP contribution in [0.5, 0.6) is 0 Å². The standard InChI is InChI=1S/C62H93ClF3N11O11/c1-10-39(2)53-58(86)73(6)37-51(81)71(4)38-52(82)75(8)47(34-40-19-12-11-13-20-40)57(85)72(5)35-49(79)67-45(27-25-41-24-26-43(44(63)33-41)62(64,65)66)56(84)77-31-18-23-46(77)55(83)69-61(29-16-17-30-61)60(88)76(9)54(42-21-14-15-22-42)59(87)74(7)36-50(80)70(3)32-28-48(78)68-53/h24,26,33,39-40,42,45-47,53-54H,10-23,25,27-32,34-38H2,1-9H3,(H,67,79)(H,68,78)(H,69,83)/t39-,45-,46-,47-,53-,54-/m0/s1. The first-order valence-corrected chi connectivity index (χ1v) is 31.7. The van der Waals surface area contributed by atoms with E-state index in [1.165, 1.54) is 79.9 Å². The van der Waals surface area contributed by atoms with Crippen molar-refractivity contribution >= 4 is 76.6 Å². The second-order valence-corrected chi connectivity index (χ2v) is 25.8. The highest BCUT2D eigenvalue weighted by molar-refractivity contribution is 6.31. The second kappa shape index (κ2) is 31.3. The maximum atomic E-state index is 15.2. The van der Waals surface area contributed by atoms with E-state index in [4.69, 9.17) is 11.6 Å². The van der Waals surface area contributed by atoms with Gasteiger partial charge in [-0.15, -0.1) is 0 Å². The molecule has 2 saturated heterocycles. The smallest absolute Gasteiger partial charge is 0.344 e. The van der Waals surface area contributed by atoms with E-state index in [1.54, 1.807) is 6.92 Å². The fourth-order valence-corrected chi connectivity index (χ4v) is 13.6. The quantitative estimate of drug-likeness (QED) is 0.332. The molecule has 3 N–H and O–H groups in total. The number of benzene rings is 1. The number of alkyl halides is 3. The van der Waals surface area contributed by atoms with Gasteiger partial charge in [-0.25, -0.2) is 0 Å². The molecule has 22 nitrogen and oxygen atoms in total. The molecule has 6 atom stereocenters. The van der Waals surface area contributed by atoms with E-state index in [0.29, 0.717) is 44.1 Å². The van der Waals surface area contributed by atoms with Gasteiger partial charge in [0, 0.05) is 68.8 Å². The number of amides is 11. The van der Waals surface area contributed by atoms with Crippen molar-refractivity contribution in [3.63, 3.8) is 0 Å². The van der Waals surface area contributed by atoms with Crippen molar-refractivity contribution < 1.29 is 65.9 Å². The zero-order chi connectivity index (χ0) is 64.9. The minimum absolute atomic E-state index is 0.0429. The number of aryl methyl sites for hydroxylation is 1. The van der Waals surface area contributed by atoms with Gasteiger partial charge < -0.3 is 55.1 Å². The lowest BCUT2D eigenvalue weighted by molar-refractivity contribution is -0.153. The van der Waals surface area contributed by atoms with Gasteiger partial charge >= 0.3 is 6.18 Å². The van der Waals surface area contributed by atoms with Gasteiger partial charge in [0.05, 0.1) is 36.8 Å². The molecule has 6 rings (SSSR count). The van der Waals surface area contributed by atoms with Gasteiger partial charge in [-0.3, -0.25) is 52.7 Å². The summed E-state index contributed by atoms with van der Waals surface area (Å²) in [6.07, 6.45) is 4.93. The molecule has 2 aliphatic heterocycles. The first-order valence-electron chi connectivity index (χ1n) is 31.3. The minimum Gasteiger partial charge on any atom is -0.344 e. The van der Waals surface area contributed by atoms with Gasteiger partial charge in [0.2, 0.25) is 65.0 Å². The molecule has 0 radical (unpaired) electrons. The van der Waals surface area contributed by atoms with Gasteiger partial charge in [0.25, 0.3) is 0 Å². The first kappa shape index (κ1) is 70.6. The molecule has 11 amide bonds. The summed E-state index contributed by atoms with van der Waals surface area (Å²) in [6.45, 7) is 1.64. The number of fused-ring (bicyclic) bond motifs is 1. The molecule has 0 unspecified atom stereocenters. The summed E-state index contributed by atoms with van der Waals surface area (Å²) < 4.78 is 41.3. The molecular formula is C62H93ClF3N11O11. The van der Waals surface area contributed by atoms with Gasteiger partial charge in [-0.1, -0.05) is 95.7 Å². The van der Waals surface area contributed by atoms with Crippen molar-refractivity contribution in [1.29, 1.82) is 0 Å². The summed E-state index contributed by atoms with van der Waals surface area (Å²) >= 11 is 6.11. The van der Waals surface area contributed by atoms with Crippen LogP contribution in [0, 0.1) is 17.8 Å². The minimum atomic E-state index is -4.74. The Bertz CT molecular complexity index is 2720. The Hall–Kier alpha value is -6.53. The van der Waals surface area contributed by atoms with Crippen LogP contribution in [0.1, 0.15) is 147 Å². The average molecular weight is 1260 g/mol. The van der Waals surface area contributed by atoms with Crippen molar-refractivity contribution in [1.82, 2.24) is 55.1 Å². The van der Waals surface area contributed by atoms with Gasteiger partial charge in [-0.05, 0) is 93.2 Å². The molecule has 3 saturated carbocycles. The maximum Gasteiger partial charge on any atom is 0.417 e. The summed E-state index contributed by atoms with van der Waals surface area (Å²) in [6, 6.07) is -2.52. The summed E-state index contributed by atoms with van der Waals surface area (Å²) in [7, 11) is 10.1. The van der Waals surface area contributed by atoms with Crippen molar-refractivity contribution in [2.75, 3.05) is 88.6 Å². The summed E-state index contributed by atoms with van der Waals surface area (Å²) in [4.78, 5) is 168. The van der Waals surface area contributed by atoms with Crippen LogP contribution in [0.4, 0.5) is 13.2 Å². The largest absolute Gasteiger partial charge is 0.417 e. The topological polar surface area (TPSA) is 250 Å². The van der Waals surface area contributed by atoms with E-state index in [2.05, 4.69) is 16.0 Å². The Kier molecular flexibility index (Phi) is 25.1. The predicted octanol–water partition coefficient (Wildman–Crippen LogP) is 4.24. The fraction of sp³-hybridized carbons (Fsp3) is 0.726. The molecular weight excluding hydrogens is 1170 g/mol. The second-order valence-electron chi connectivity index (χ2n) is 25.4. The maximum absolute atomic E-state index is 15.2. The molecule has 1 spiro atoms. The lowest BCUT2D eigenvalue weighted by atomic mass is 9.84. The number of carbonyl (C=O) groups excluding carboxylic acids is 11. The Morgan fingerprint density at radius 2 is 1.22 bits per heavy atom. The Balaban J connectivity index is 1.34. The lowest BCUT2D eigenvalue weighted by Gasteiger charge is -2.40. The van der Waals surface area contributed by atoms with E-state index in [1.807, 2.05) is 6.92 Å². The van der Waals surface area contributed by atoms with E-state index in [0.717, 1.165) is 71.8 Å². The summed E-state index contributed by atoms with van der Waals surface area (Å²) in [5, 5.41) is 8.01. The predicted molar refractivity (Wildman–Crippen MR) is 321 cm³/mol. The van der Waals surface area contributed by atoms with Crippen molar-refractivity contribution in [3.05, 3.63) is 34.3 Å². The third-order valence-corrected chi connectivity index (χ3v) is 19.3. The lowest BCUT2D eigenvalue weighted by Crippen LogP contribution is -2.64. The molecule has 1 aromatic rings. The monoisotopic (exact) mass is 1260 g/mol. The van der Waals surface area contributed by atoms with Crippen LogP contribution in [0.25, 0.3) is 0 Å². The van der Waals surface area contributed by atoms with E-state index in [9.17, 15) is 56.3 Å². The molecule has 5 aliphatic rings. The van der Waals surface area contributed by atoms with Crippen LogP contribution in [0.2, 0.25) is 5.02 Å². The Morgan fingerprint density at radius 3 is 1.83 bits per heavy atom. The molecule has 1 aromatic carbocycles. The number of rotatable bonds is 8. The van der Waals surface area contributed by atoms with Crippen LogP contribution in [0.3, 0.4) is 0 Å². The number of nitrogens with zero attached hydrogens (tertiary/aromatic N) is 8. The van der Waals surface area contributed by atoms with E-state index < -0.39 is 144 Å². The summed E-state index contributed by atoms with van der Waals surface area (Å²) in [5.74, 6) is -7.17. The number of nitrogens with one attached hydrogen (secondary N) is 3. The molecule has 5 fully saturated rings. The van der Waals surface area contributed by atoms with Crippen LogP contribution in [0.15, 0.2) is 18.2 Å². The number of likely N-dealkylation sites (N-methyl/N-ethyl adjacent to an activating group) is 7. The highest BCUT2D eigenvalue weighted by atomic mass is 35.5. The first-order chi connectivity index (χ1) is 41.5. The number of hydrogen-bond donors (Lipinski definition) is 3. The number of halogens is 4. The van der Waals surface area contributed by atoms with E-state index in [-0.39, 0.29) is 75.8 Å². The SMILES string of the molecule is CC[C@H](C)[C@@H]1NC(=O)CCN(C)C(=O)CN(C)C(=O)[C@H](C2CCCC2)N(C)C(=O)C2(CCCC2)NC(=O)[C@@H]2CCCN2C(=O)[C@H](CCc2ccc(C(F)(F)F)c(Cl)c2)NC(=O)CN(C)C(=O)[C@H](CC2CCCCC2)N(C)C(=O)CN(C)C(=O)CN(C)C1=O. The Morgan fingerprint density at radius 1 is 0.625 bits per heavy atom. The van der Waals surface area contributed by atoms with Crippen molar-refractivity contribution in [2.24, 2.45) is 17.8 Å². The van der Waals surface area contributed by atoms with Crippen molar-refractivity contribution in [2.45, 2.75) is 184 Å². The molecule has 0 bridgehead atoms. The third-order valence-electron chi connectivity index (χ3n) is 19.0. The van der Waals surface area contributed by atoms with Crippen LogP contribution in [-0.2, 0) is 65.3 Å². The zero-order valence-electron chi connectivity index (χ0n) is 52.8. The molecule has 3 aliphatic carbocycles. The van der Waals surface area contributed by atoms with Crippen molar-refractivity contribution in [3.8, 4) is 0 Å². The molecule has 2 heterocycles. The number of hydrogen-bond acceptors (Lipinski definition) is 11. The fourth-order valence-electron chi connectivity index (χ4n) is 13.2.